The van der Waals surface area contributed by atoms with Crippen LogP contribution in [0.4, 0.5) is 0 Å². The van der Waals surface area contributed by atoms with Gasteiger partial charge in [-0.15, -0.1) is 0 Å². The molecule has 1 unspecified atom stereocenters. The van der Waals surface area contributed by atoms with Crippen LogP contribution in [-0.4, -0.2) is 54.2 Å². The number of β-amino-alcohol motifs (C(OH)–C–C–N with tert-alkyl or cyclic N) is 1. The quantitative estimate of drug-likeness (QED) is 0.505. The summed E-state index contributed by atoms with van der Waals surface area (Å²) >= 11 is 0. The topological polar surface area (TPSA) is 87.9 Å². The molecule has 0 amide bonds. The number of hydrogen-bond acceptors (Lipinski definition) is 5. The van der Waals surface area contributed by atoms with E-state index in [0.717, 1.165) is 18.6 Å². The minimum atomic E-state index is -0.101. The van der Waals surface area contributed by atoms with Crippen molar-refractivity contribution in [1.29, 1.82) is 0 Å². The number of nitrogens with zero attached hydrogens (tertiary/aromatic N) is 2. The van der Waals surface area contributed by atoms with Gasteiger partial charge in [-0.25, -0.2) is 0 Å². The zero-order chi connectivity index (χ0) is 13.3. The lowest BCUT2D eigenvalue weighted by molar-refractivity contribution is 0.0810. The first kappa shape index (κ1) is 16.5. The summed E-state index contributed by atoms with van der Waals surface area (Å²) in [6.45, 7) is 8.48. The highest BCUT2D eigenvalue weighted by atomic mass is 16.3. The van der Waals surface area contributed by atoms with E-state index in [9.17, 15) is 0 Å². The first-order chi connectivity index (χ1) is 8.03. The molecule has 0 bridgehead atoms. The summed E-state index contributed by atoms with van der Waals surface area (Å²) in [6.07, 6.45) is 2.07. The Hall–Kier alpha value is -0.490. The van der Waals surface area contributed by atoms with Crippen LogP contribution in [0.25, 0.3) is 0 Å². The van der Waals surface area contributed by atoms with Gasteiger partial charge in [0.15, 0.2) is 0 Å². The zero-order valence-electron chi connectivity index (χ0n) is 11.4. The molecular weight excluding hydrogens is 216 g/mol. The van der Waals surface area contributed by atoms with Crippen molar-refractivity contribution in [2.45, 2.75) is 39.2 Å². The average molecular weight is 244 g/mol. The maximum atomic E-state index is 9.13. The molecule has 0 aliphatic rings. The Labute approximate surface area is 105 Å². The second-order valence-electron chi connectivity index (χ2n) is 4.68. The second kappa shape index (κ2) is 8.58. The van der Waals surface area contributed by atoms with Crippen LogP contribution in [0.1, 0.15) is 33.6 Å². The number of rotatable bonds is 9. The fourth-order valence-electron chi connectivity index (χ4n) is 1.83. The molecule has 0 aliphatic carbocycles. The molecule has 5 nitrogen and oxygen atoms in total. The van der Waals surface area contributed by atoms with Crippen molar-refractivity contribution in [1.82, 2.24) is 4.90 Å². The maximum absolute atomic E-state index is 9.13. The van der Waals surface area contributed by atoms with Crippen LogP contribution in [0.15, 0.2) is 4.99 Å². The fourth-order valence-corrected chi connectivity index (χ4v) is 1.83. The Balaban J connectivity index is 4.68. The van der Waals surface area contributed by atoms with E-state index in [2.05, 4.69) is 23.7 Å². The highest BCUT2D eigenvalue weighted by molar-refractivity contribution is 5.83. The summed E-state index contributed by atoms with van der Waals surface area (Å²) in [5, 5.41) is 9.13. The first-order valence-electron chi connectivity index (χ1n) is 6.30. The lowest BCUT2D eigenvalue weighted by atomic mass is 9.94. The third kappa shape index (κ3) is 5.59. The van der Waals surface area contributed by atoms with Gasteiger partial charge in [0.2, 0.25) is 0 Å². The smallest absolute Gasteiger partial charge is 0.0914 e. The molecule has 0 heterocycles. The zero-order valence-corrected chi connectivity index (χ0v) is 11.4. The van der Waals surface area contributed by atoms with Gasteiger partial charge in [0.1, 0.15) is 0 Å². The molecule has 102 valence electrons. The Morgan fingerprint density at radius 1 is 1.41 bits per heavy atom. The highest BCUT2D eigenvalue weighted by Crippen LogP contribution is 2.19. The maximum Gasteiger partial charge on any atom is 0.0914 e. The number of hydrogen-bond donors (Lipinski definition) is 3. The van der Waals surface area contributed by atoms with E-state index in [0.29, 0.717) is 26.3 Å². The second-order valence-corrected chi connectivity index (χ2v) is 4.68. The van der Waals surface area contributed by atoms with Crippen LogP contribution < -0.4 is 11.5 Å². The Morgan fingerprint density at radius 3 is 2.47 bits per heavy atom. The summed E-state index contributed by atoms with van der Waals surface area (Å²) in [4.78, 5) is 6.54. The summed E-state index contributed by atoms with van der Waals surface area (Å²) in [5.74, 6) is 0. The monoisotopic (exact) mass is 244 g/mol. The summed E-state index contributed by atoms with van der Waals surface area (Å²) < 4.78 is 0. The van der Waals surface area contributed by atoms with Gasteiger partial charge in [0.05, 0.1) is 13.3 Å². The van der Waals surface area contributed by atoms with Gasteiger partial charge in [0, 0.05) is 30.9 Å². The lowest BCUT2D eigenvalue weighted by Gasteiger charge is -2.39. The van der Waals surface area contributed by atoms with E-state index in [1.54, 1.807) is 0 Å². The van der Waals surface area contributed by atoms with Gasteiger partial charge >= 0.3 is 0 Å². The van der Waals surface area contributed by atoms with Crippen LogP contribution >= 0.6 is 0 Å². The third-order valence-corrected chi connectivity index (χ3v) is 3.17. The van der Waals surface area contributed by atoms with Crippen LogP contribution in [0, 0.1) is 0 Å². The van der Waals surface area contributed by atoms with Gasteiger partial charge in [-0.2, -0.15) is 0 Å². The molecule has 0 rings (SSSR count). The Morgan fingerprint density at radius 2 is 2.06 bits per heavy atom. The fraction of sp³-hybridized carbons (Fsp3) is 0.917. The molecule has 5 heteroatoms. The molecule has 0 spiro atoms. The van der Waals surface area contributed by atoms with Crippen molar-refractivity contribution < 1.29 is 5.11 Å². The largest absolute Gasteiger partial charge is 0.395 e. The molecule has 5 N–H and O–H groups in total. The van der Waals surface area contributed by atoms with Crippen LogP contribution in [0.3, 0.4) is 0 Å². The number of aliphatic hydroxyl groups is 1. The van der Waals surface area contributed by atoms with E-state index >= 15 is 0 Å². The molecule has 0 saturated carbocycles. The van der Waals surface area contributed by atoms with Crippen molar-refractivity contribution in [3.63, 3.8) is 0 Å². The van der Waals surface area contributed by atoms with Gasteiger partial charge in [-0.3, -0.25) is 9.89 Å². The first-order valence-corrected chi connectivity index (χ1v) is 6.30. The van der Waals surface area contributed by atoms with E-state index < -0.39 is 0 Å². The minimum absolute atomic E-state index is 0.101. The Bertz CT molecular complexity index is 233. The predicted octanol–water partition coefficient (Wildman–Crippen LogP) is 0.175. The molecule has 0 saturated heterocycles. The van der Waals surface area contributed by atoms with Crippen LogP contribution in [0.5, 0.6) is 0 Å². The van der Waals surface area contributed by atoms with E-state index in [4.69, 9.17) is 16.6 Å². The normalized spacial score (nSPS) is 16.3. The summed E-state index contributed by atoms with van der Waals surface area (Å²) in [6, 6.07) is 0. The summed E-state index contributed by atoms with van der Waals surface area (Å²) in [7, 11) is 0. The predicted molar refractivity (Wildman–Crippen MR) is 73.2 cm³/mol. The Kier molecular flexibility index (Phi) is 8.33. The standard InChI is InChI=1S/C12H28N4O/c1-4-5-12(3,9-14)16(6-7-17)10-15-11(2)8-13/h17H,4-10,13-14H2,1-3H3. The van der Waals surface area contributed by atoms with Gasteiger partial charge in [-0.1, -0.05) is 13.3 Å². The van der Waals surface area contributed by atoms with Gasteiger partial charge < -0.3 is 16.6 Å². The molecule has 0 fully saturated rings. The molecule has 0 aromatic carbocycles. The molecular formula is C12H28N4O. The number of aliphatic imine (C=N–C) groups is 1. The van der Waals surface area contributed by atoms with E-state index in [-0.39, 0.29) is 12.1 Å². The highest BCUT2D eigenvalue weighted by Gasteiger charge is 2.28. The molecule has 0 radical (unpaired) electrons. The third-order valence-electron chi connectivity index (χ3n) is 3.17. The molecule has 0 aromatic rings. The van der Waals surface area contributed by atoms with E-state index in [1.165, 1.54) is 0 Å². The van der Waals surface area contributed by atoms with Gasteiger partial charge in [-0.05, 0) is 20.3 Å². The van der Waals surface area contributed by atoms with Crippen LogP contribution in [-0.2, 0) is 0 Å². The lowest BCUT2D eigenvalue weighted by Crippen LogP contribution is -2.52. The van der Waals surface area contributed by atoms with Crippen LogP contribution in [0.2, 0.25) is 0 Å². The van der Waals surface area contributed by atoms with Crippen molar-refractivity contribution in [2.75, 3.05) is 32.9 Å². The SMILES string of the molecule is CCCC(C)(CN)N(CCO)CN=C(C)CN. The van der Waals surface area contributed by atoms with Crippen molar-refractivity contribution >= 4 is 5.71 Å². The minimum Gasteiger partial charge on any atom is -0.395 e. The van der Waals surface area contributed by atoms with Crippen molar-refractivity contribution in [3.05, 3.63) is 0 Å². The van der Waals surface area contributed by atoms with Gasteiger partial charge in [0.25, 0.3) is 0 Å². The van der Waals surface area contributed by atoms with Crippen molar-refractivity contribution in [3.8, 4) is 0 Å². The molecule has 0 aromatic heterocycles. The number of aliphatic hydroxyl groups excluding tert-OH is 1. The molecule has 17 heavy (non-hydrogen) atoms. The number of nitrogens with two attached hydrogens (primary N) is 2. The molecule has 0 aliphatic heterocycles. The van der Waals surface area contributed by atoms with Crippen molar-refractivity contribution in [2.24, 2.45) is 16.5 Å². The summed E-state index contributed by atoms with van der Waals surface area (Å²) in [5.41, 5.74) is 12.2. The average Bonchev–Trinajstić information content (AvgIpc) is 2.34. The van der Waals surface area contributed by atoms with E-state index in [1.807, 2.05) is 6.92 Å². The molecule has 1 atom stereocenters.